The lowest BCUT2D eigenvalue weighted by Gasteiger charge is -2.13. The monoisotopic (exact) mass is 348 g/mol. The lowest BCUT2D eigenvalue weighted by molar-refractivity contribution is 0.303. The van der Waals surface area contributed by atoms with E-state index in [2.05, 4.69) is 21.0 Å². The number of rotatable bonds is 6. The number of anilines is 1. The number of para-hydroxylation sites is 1. The number of nitrogen functional groups attached to an aromatic ring is 1. The quantitative estimate of drug-likeness (QED) is 0.710. The van der Waals surface area contributed by atoms with Gasteiger partial charge in [0.15, 0.2) is 0 Å². The number of nitrogens with two attached hydrogens (primary N) is 1. The third kappa shape index (κ3) is 3.72. The maximum absolute atomic E-state index is 13.1. The minimum Gasteiger partial charge on any atom is -0.488 e. The fourth-order valence-electron chi connectivity index (χ4n) is 2.05. The lowest BCUT2D eigenvalue weighted by atomic mass is 10.2. The van der Waals surface area contributed by atoms with Crippen LogP contribution in [0.5, 0.6) is 5.75 Å². The largest absolute Gasteiger partial charge is 0.488 e. The zero-order chi connectivity index (χ0) is 16.9. The number of ether oxygens (including phenoxy) is 1. The number of hydrogen-bond acceptors (Lipinski definition) is 6. The minimum absolute atomic E-state index is 0.159. The van der Waals surface area contributed by atoms with E-state index in [9.17, 15) is 4.39 Å². The van der Waals surface area contributed by atoms with Gasteiger partial charge < -0.3 is 15.9 Å². The Balaban J connectivity index is 1.68. The van der Waals surface area contributed by atoms with Crippen molar-refractivity contribution in [3.05, 3.63) is 64.4 Å². The van der Waals surface area contributed by atoms with E-state index in [-0.39, 0.29) is 18.4 Å². The van der Waals surface area contributed by atoms with Crippen molar-refractivity contribution in [1.82, 2.24) is 20.3 Å². The summed E-state index contributed by atoms with van der Waals surface area (Å²) < 4.78 is 18.9. The van der Waals surface area contributed by atoms with E-state index in [1.807, 2.05) is 24.3 Å². The first-order chi connectivity index (χ1) is 11.6. The molecule has 1 aromatic heterocycles. The minimum atomic E-state index is -0.382. The number of hydrogen-bond donors (Lipinski definition) is 2. The van der Waals surface area contributed by atoms with Crippen molar-refractivity contribution in [3.63, 3.8) is 0 Å². The fraction of sp³-hybridized carbons (Fsp3) is 0.133. The first kappa shape index (κ1) is 16.0. The van der Waals surface area contributed by atoms with Gasteiger partial charge >= 0.3 is 0 Å². The summed E-state index contributed by atoms with van der Waals surface area (Å²) in [5, 5.41) is 11.1. The van der Waals surface area contributed by atoms with Crippen molar-refractivity contribution in [2.24, 2.45) is 0 Å². The topological polar surface area (TPSA) is 90.9 Å². The molecule has 0 amide bonds. The van der Waals surface area contributed by atoms with Gasteiger partial charge in [-0.2, -0.15) is 0 Å². The zero-order valence-corrected chi connectivity index (χ0v) is 13.2. The Morgan fingerprint density at radius 1 is 1.21 bits per heavy atom. The number of halogens is 2. The molecule has 3 rings (SSSR count). The first-order valence-corrected chi connectivity index (χ1v) is 7.43. The third-order valence-corrected chi connectivity index (χ3v) is 3.64. The average Bonchev–Trinajstić information content (AvgIpc) is 2.98. The highest BCUT2D eigenvalue weighted by atomic mass is 35.5. The van der Waals surface area contributed by atoms with Gasteiger partial charge in [-0.25, -0.2) is 4.39 Å². The summed E-state index contributed by atoms with van der Waals surface area (Å²) in [6, 6.07) is 11.7. The Bertz CT molecular complexity index is 840. The van der Waals surface area contributed by atoms with Gasteiger partial charge in [0.2, 0.25) is 0 Å². The van der Waals surface area contributed by atoms with Crippen molar-refractivity contribution in [2.45, 2.75) is 13.2 Å². The van der Waals surface area contributed by atoms with Gasteiger partial charge in [0.05, 0.1) is 11.6 Å². The second-order valence-electron chi connectivity index (χ2n) is 4.92. The summed E-state index contributed by atoms with van der Waals surface area (Å²) in [7, 11) is 0. The Morgan fingerprint density at radius 2 is 2.04 bits per heavy atom. The molecular formula is C15H14ClFN6O. The van der Waals surface area contributed by atoms with Crippen molar-refractivity contribution in [3.8, 4) is 5.75 Å². The Morgan fingerprint density at radius 3 is 2.79 bits per heavy atom. The molecule has 0 unspecified atom stereocenters. The van der Waals surface area contributed by atoms with Gasteiger partial charge in [-0.15, -0.1) is 4.79 Å². The molecule has 7 nitrogen and oxygen atoms in total. The summed E-state index contributed by atoms with van der Waals surface area (Å²) in [5.41, 5.74) is 10.1. The molecule has 0 fully saturated rings. The highest BCUT2D eigenvalue weighted by Crippen LogP contribution is 2.22. The molecule has 2 aromatic carbocycles. The average molecular weight is 349 g/mol. The van der Waals surface area contributed by atoms with Crippen LogP contribution in [0.3, 0.4) is 0 Å². The van der Waals surface area contributed by atoms with Crippen LogP contribution < -0.4 is 15.9 Å². The van der Waals surface area contributed by atoms with Crippen molar-refractivity contribution in [1.29, 1.82) is 0 Å². The predicted octanol–water partition coefficient (Wildman–Crippen LogP) is 2.37. The molecule has 0 saturated heterocycles. The molecule has 3 N–H and O–H groups in total. The van der Waals surface area contributed by atoms with E-state index >= 15 is 0 Å². The maximum atomic E-state index is 13.1. The second kappa shape index (κ2) is 7.14. The Kier molecular flexibility index (Phi) is 4.76. The number of nitrogens with zero attached hydrogens (tertiary/aromatic N) is 4. The zero-order valence-electron chi connectivity index (χ0n) is 12.5. The van der Waals surface area contributed by atoms with Crippen LogP contribution in [0.1, 0.15) is 11.1 Å². The van der Waals surface area contributed by atoms with E-state index in [0.717, 1.165) is 5.56 Å². The molecule has 3 aromatic rings. The van der Waals surface area contributed by atoms with Crippen molar-refractivity contribution < 1.29 is 9.13 Å². The molecule has 1 heterocycles. The SMILES string of the molecule is Nc1nnnn1NCc1ccccc1OCc1ccc(F)cc1Cl. The molecule has 9 heteroatoms. The molecule has 0 bridgehead atoms. The molecule has 0 aliphatic rings. The second-order valence-corrected chi connectivity index (χ2v) is 5.32. The van der Waals surface area contributed by atoms with Crippen LogP contribution in [-0.2, 0) is 13.2 Å². The van der Waals surface area contributed by atoms with Crippen molar-refractivity contribution in [2.75, 3.05) is 11.2 Å². The normalized spacial score (nSPS) is 10.6. The molecule has 0 atom stereocenters. The molecule has 0 spiro atoms. The van der Waals surface area contributed by atoms with Gasteiger partial charge in [0.1, 0.15) is 18.2 Å². The highest BCUT2D eigenvalue weighted by Gasteiger charge is 2.07. The van der Waals surface area contributed by atoms with Crippen LogP contribution >= 0.6 is 11.6 Å². The van der Waals surface area contributed by atoms with Crippen LogP contribution in [-0.4, -0.2) is 20.3 Å². The lowest BCUT2D eigenvalue weighted by Crippen LogP contribution is -2.18. The molecule has 0 radical (unpaired) electrons. The van der Waals surface area contributed by atoms with Gasteiger partial charge in [0, 0.05) is 11.1 Å². The fourth-order valence-corrected chi connectivity index (χ4v) is 2.27. The van der Waals surface area contributed by atoms with Crippen LogP contribution in [0.4, 0.5) is 10.3 Å². The third-order valence-electron chi connectivity index (χ3n) is 3.28. The molecule has 0 aliphatic heterocycles. The van der Waals surface area contributed by atoms with Crippen LogP contribution in [0.2, 0.25) is 5.02 Å². The van der Waals surface area contributed by atoms with E-state index in [1.54, 1.807) is 6.07 Å². The van der Waals surface area contributed by atoms with Crippen LogP contribution in [0.25, 0.3) is 0 Å². The number of tetrazole rings is 1. The van der Waals surface area contributed by atoms with Crippen LogP contribution in [0, 0.1) is 5.82 Å². The smallest absolute Gasteiger partial charge is 0.260 e. The van der Waals surface area contributed by atoms with Gasteiger partial charge in [-0.1, -0.05) is 41.0 Å². The van der Waals surface area contributed by atoms with Crippen LogP contribution in [0.15, 0.2) is 42.5 Å². The van der Waals surface area contributed by atoms with E-state index in [0.29, 0.717) is 22.9 Å². The summed E-state index contributed by atoms with van der Waals surface area (Å²) >= 11 is 6.01. The summed E-state index contributed by atoms with van der Waals surface area (Å²) in [5.74, 6) is 0.441. The van der Waals surface area contributed by atoms with Gasteiger partial charge in [-0.3, -0.25) is 0 Å². The van der Waals surface area contributed by atoms with Gasteiger partial charge in [0.25, 0.3) is 5.95 Å². The number of aromatic nitrogens is 4. The number of nitrogens with one attached hydrogen (secondary N) is 1. The predicted molar refractivity (Wildman–Crippen MR) is 87.5 cm³/mol. The molecule has 124 valence electrons. The molecular weight excluding hydrogens is 335 g/mol. The van der Waals surface area contributed by atoms with E-state index in [1.165, 1.54) is 16.9 Å². The molecule has 24 heavy (non-hydrogen) atoms. The molecule has 0 aliphatic carbocycles. The van der Waals surface area contributed by atoms with E-state index < -0.39 is 0 Å². The van der Waals surface area contributed by atoms with Crippen molar-refractivity contribution >= 4 is 17.5 Å². The number of benzene rings is 2. The summed E-state index contributed by atoms with van der Waals surface area (Å²) in [6.45, 7) is 0.631. The highest BCUT2D eigenvalue weighted by molar-refractivity contribution is 6.31. The first-order valence-electron chi connectivity index (χ1n) is 7.06. The summed E-state index contributed by atoms with van der Waals surface area (Å²) in [6.07, 6.45) is 0. The van der Waals surface area contributed by atoms with E-state index in [4.69, 9.17) is 22.1 Å². The standard InChI is InChI=1S/C15H14ClFN6O/c16-13-7-12(17)6-5-11(13)9-24-14-4-2-1-3-10(14)8-19-23-15(18)20-21-22-23/h1-7,19H,8-9H2,(H2,18,20,22). The maximum Gasteiger partial charge on any atom is 0.260 e. The molecule has 0 saturated carbocycles. The van der Waals surface area contributed by atoms with Gasteiger partial charge in [-0.05, 0) is 28.6 Å². The Hall–Kier alpha value is -2.87. The summed E-state index contributed by atoms with van der Waals surface area (Å²) in [4.78, 5) is 1.27. The Labute approximate surface area is 142 Å².